The summed E-state index contributed by atoms with van der Waals surface area (Å²) in [5.74, 6) is 0.256. The summed E-state index contributed by atoms with van der Waals surface area (Å²) in [7, 11) is 0. The quantitative estimate of drug-likeness (QED) is 0.250. The number of hydrogen-bond donors (Lipinski definition) is 3. The van der Waals surface area contributed by atoms with Gasteiger partial charge in [-0.25, -0.2) is 0 Å². The largest absolute Gasteiger partial charge is 0.481 e. The molecule has 7 nitrogen and oxygen atoms in total. The van der Waals surface area contributed by atoms with E-state index in [4.69, 9.17) is 5.11 Å². The Hall–Kier alpha value is -1.99. The van der Waals surface area contributed by atoms with Crippen molar-refractivity contribution in [2.75, 3.05) is 19.6 Å². The average molecular weight is 364 g/mol. The number of unbranched alkanes of at least 4 members (excludes halogenated alkanes) is 2. The molecule has 0 amide bonds. The molecule has 1 aliphatic rings. The molecule has 146 valence electrons. The van der Waals surface area contributed by atoms with Crippen LogP contribution >= 0.6 is 0 Å². The molecule has 0 fully saturated rings. The molecule has 0 saturated carbocycles. The zero-order chi connectivity index (χ0) is 19.0. The standard InChI is InChI=1S/C19H32N4O3/c1-2-23(16-7-9-17-21-14-8-15-22-17)18(24)10-6-13-20-12-5-3-4-11-19(25)26/h6,8,12-14,18,24H,2-5,7,9-11,15-16H2,1H3,(H,21,22)(H,25,26)/b13-6+,20-12?. The fraction of sp³-hybridized carbons (Fsp3) is 0.632. The van der Waals surface area contributed by atoms with E-state index >= 15 is 0 Å². The summed E-state index contributed by atoms with van der Waals surface area (Å²) >= 11 is 0. The Bertz CT molecular complexity index is 515. The van der Waals surface area contributed by atoms with Gasteiger partial charge in [0.1, 0.15) is 12.1 Å². The number of amidine groups is 1. The van der Waals surface area contributed by atoms with E-state index in [1.165, 1.54) is 0 Å². The van der Waals surface area contributed by atoms with Crippen LogP contribution in [0.3, 0.4) is 0 Å². The van der Waals surface area contributed by atoms with E-state index in [0.29, 0.717) is 12.8 Å². The lowest BCUT2D eigenvalue weighted by Gasteiger charge is -2.25. The molecular weight excluding hydrogens is 332 g/mol. The number of aliphatic carboxylic acids is 1. The molecular formula is C19H32N4O3. The van der Waals surface area contributed by atoms with Crippen LogP contribution < -0.4 is 5.32 Å². The van der Waals surface area contributed by atoms with Gasteiger partial charge in [-0.3, -0.25) is 19.7 Å². The summed E-state index contributed by atoms with van der Waals surface area (Å²) in [4.78, 5) is 21.0. The summed E-state index contributed by atoms with van der Waals surface area (Å²) in [5, 5.41) is 22.0. The predicted molar refractivity (Wildman–Crippen MR) is 105 cm³/mol. The minimum atomic E-state index is -0.754. The maximum Gasteiger partial charge on any atom is 0.303 e. The van der Waals surface area contributed by atoms with Crippen LogP contribution in [-0.2, 0) is 4.79 Å². The van der Waals surface area contributed by atoms with E-state index < -0.39 is 12.2 Å². The summed E-state index contributed by atoms with van der Waals surface area (Å²) in [6, 6.07) is 0. The minimum absolute atomic E-state index is 0.211. The van der Waals surface area contributed by atoms with Gasteiger partial charge in [0.15, 0.2) is 0 Å². The molecule has 0 spiro atoms. The van der Waals surface area contributed by atoms with Crippen molar-refractivity contribution in [1.82, 2.24) is 10.2 Å². The van der Waals surface area contributed by atoms with Crippen LogP contribution in [0.15, 0.2) is 34.5 Å². The van der Waals surface area contributed by atoms with Crippen molar-refractivity contribution in [3.8, 4) is 0 Å². The number of aliphatic imine (C=N–C) groups is 2. The van der Waals surface area contributed by atoms with E-state index in [-0.39, 0.29) is 6.42 Å². The second kappa shape index (κ2) is 14.2. The monoisotopic (exact) mass is 364 g/mol. The Morgan fingerprint density at radius 1 is 1.46 bits per heavy atom. The maximum atomic E-state index is 10.4. The number of nitrogens with zero attached hydrogens (tertiary/aromatic N) is 3. The Morgan fingerprint density at radius 3 is 3.00 bits per heavy atom. The second-order valence-electron chi connectivity index (χ2n) is 6.14. The van der Waals surface area contributed by atoms with Crippen LogP contribution in [-0.4, -0.2) is 59.0 Å². The molecule has 1 heterocycles. The lowest BCUT2D eigenvalue weighted by molar-refractivity contribution is -0.137. The molecule has 0 radical (unpaired) electrons. The van der Waals surface area contributed by atoms with Gasteiger partial charge in [0.25, 0.3) is 0 Å². The van der Waals surface area contributed by atoms with Crippen LogP contribution in [0.4, 0.5) is 0 Å². The molecule has 0 aromatic heterocycles. The number of carboxylic acids is 1. The number of aliphatic hydroxyl groups excluding tert-OH is 1. The lowest BCUT2D eigenvalue weighted by atomic mass is 10.2. The van der Waals surface area contributed by atoms with Crippen molar-refractivity contribution in [1.29, 1.82) is 0 Å². The van der Waals surface area contributed by atoms with E-state index in [0.717, 1.165) is 51.2 Å². The maximum absolute atomic E-state index is 10.4. The molecule has 3 N–H and O–H groups in total. The fourth-order valence-electron chi connectivity index (χ4n) is 2.57. The first-order chi connectivity index (χ1) is 12.6. The van der Waals surface area contributed by atoms with Crippen molar-refractivity contribution in [3.63, 3.8) is 0 Å². The molecule has 1 rings (SSSR count). The lowest BCUT2D eigenvalue weighted by Crippen LogP contribution is -2.36. The number of carbonyl (C=O) groups is 1. The fourth-order valence-corrected chi connectivity index (χ4v) is 2.57. The van der Waals surface area contributed by atoms with Crippen LogP contribution in [0.1, 0.15) is 51.9 Å². The first-order valence-electron chi connectivity index (χ1n) is 9.39. The summed E-state index contributed by atoms with van der Waals surface area (Å²) in [6.45, 7) is 4.40. The molecule has 1 atom stereocenters. The number of carboxylic acid groups (broad SMARTS) is 1. The smallest absolute Gasteiger partial charge is 0.303 e. The van der Waals surface area contributed by atoms with Gasteiger partial charge in [-0.1, -0.05) is 13.0 Å². The third-order valence-corrected chi connectivity index (χ3v) is 4.06. The third-order valence-electron chi connectivity index (χ3n) is 4.06. The number of hydrogen-bond acceptors (Lipinski definition) is 6. The highest BCUT2D eigenvalue weighted by atomic mass is 16.4. The van der Waals surface area contributed by atoms with Gasteiger partial charge < -0.3 is 15.5 Å². The SMILES string of the molecule is CCN(CCCC1=NCC=CN1)C(O)C/C=C/N=CCCCCC(=O)O. The number of rotatable bonds is 14. The van der Waals surface area contributed by atoms with Crippen molar-refractivity contribution in [2.24, 2.45) is 9.98 Å². The molecule has 1 unspecified atom stereocenters. The van der Waals surface area contributed by atoms with Gasteiger partial charge in [-0.2, -0.15) is 0 Å². The Labute approximate surface area is 156 Å². The molecule has 0 aromatic carbocycles. The summed E-state index contributed by atoms with van der Waals surface area (Å²) < 4.78 is 0. The van der Waals surface area contributed by atoms with Crippen LogP contribution in [0.25, 0.3) is 0 Å². The van der Waals surface area contributed by atoms with Gasteiger partial charge in [-0.05, 0) is 44.5 Å². The zero-order valence-corrected chi connectivity index (χ0v) is 15.7. The Kier molecular flexibility index (Phi) is 12.1. The zero-order valence-electron chi connectivity index (χ0n) is 15.7. The molecule has 26 heavy (non-hydrogen) atoms. The van der Waals surface area contributed by atoms with Crippen LogP contribution in [0.5, 0.6) is 0 Å². The van der Waals surface area contributed by atoms with Crippen molar-refractivity contribution in [2.45, 2.75) is 58.1 Å². The molecule has 0 aromatic rings. The molecule has 7 heteroatoms. The molecule has 1 aliphatic heterocycles. The van der Waals surface area contributed by atoms with Crippen molar-refractivity contribution < 1.29 is 15.0 Å². The van der Waals surface area contributed by atoms with Gasteiger partial charge >= 0.3 is 5.97 Å². The van der Waals surface area contributed by atoms with Crippen LogP contribution in [0.2, 0.25) is 0 Å². The number of aliphatic hydroxyl groups is 1. The van der Waals surface area contributed by atoms with Gasteiger partial charge in [0.2, 0.25) is 0 Å². The highest BCUT2D eigenvalue weighted by Gasteiger charge is 2.12. The van der Waals surface area contributed by atoms with E-state index in [1.807, 2.05) is 30.2 Å². The minimum Gasteiger partial charge on any atom is -0.481 e. The summed E-state index contributed by atoms with van der Waals surface area (Å²) in [6.07, 6.45) is 13.6. The van der Waals surface area contributed by atoms with Crippen molar-refractivity contribution >= 4 is 18.0 Å². The highest BCUT2D eigenvalue weighted by molar-refractivity contribution is 5.83. The van der Waals surface area contributed by atoms with Crippen molar-refractivity contribution in [3.05, 3.63) is 24.6 Å². The Balaban J connectivity index is 2.14. The molecule has 0 bridgehead atoms. The van der Waals surface area contributed by atoms with E-state index in [9.17, 15) is 9.90 Å². The third kappa shape index (κ3) is 10.8. The highest BCUT2D eigenvalue weighted by Crippen LogP contribution is 2.06. The number of nitrogens with one attached hydrogen (secondary N) is 1. The van der Waals surface area contributed by atoms with Gasteiger partial charge in [-0.15, -0.1) is 0 Å². The Morgan fingerprint density at radius 2 is 2.31 bits per heavy atom. The van der Waals surface area contributed by atoms with E-state index in [1.54, 1.807) is 12.4 Å². The first-order valence-corrected chi connectivity index (χ1v) is 9.39. The molecule has 0 saturated heterocycles. The topological polar surface area (TPSA) is 97.5 Å². The van der Waals surface area contributed by atoms with Gasteiger partial charge in [0.05, 0.1) is 6.54 Å². The first kappa shape index (κ1) is 22.1. The predicted octanol–water partition coefficient (Wildman–Crippen LogP) is 2.54. The van der Waals surface area contributed by atoms with Crippen LogP contribution in [0, 0.1) is 0 Å². The summed E-state index contributed by atoms with van der Waals surface area (Å²) in [5.41, 5.74) is 0. The normalized spacial score (nSPS) is 15.6. The second-order valence-corrected chi connectivity index (χ2v) is 6.14. The average Bonchev–Trinajstić information content (AvgIpc) is 2.64. The van der Waals surface area contributed by atoms with Gasteiger partial charge in [0, 0.05) is 38.2 Å². The molecule has 0 aliphatic carbocycles. The van der Waals surface area contributed by atoms with E-state index in [2.05, 4.69) is 15.3 Å².